The number of H-pyrrole nitrogens is 1. The summed E-state index contributed by atoms with van der Waals surface area (Å²) in [4.78, 5) is 2.33. The van der Waals surface area contributed by atoms with Crippen molar-refractivity contribution in [3.05, 3.63) is 12.3 Å². The number of hydrogen-bond donors (Lipinski definition) is 2. The second-order valence-corrected chi connectivity index (χ2v) is 3.63. The second-order valence-electron chi connectivity index (χ2n) is 3.63. The first-order valence-corrected chi connectivity index (χ1v) is 4.84. The normalized spacial score (nSPS) is 23.5. The third-order valence-corrected chi connectivity index (χ3v) is 2.68. The van der Waals surface area contributed by atoms with E-state index in [1.54, 1.807) is 6.20 Å². The molecule has 1 unspecified atom stereocenters. The van der Waals surface area contributed by atoms with Gasteiger partial charge in [-0.05, 0) is 25.3 Å². The van der Waals surface area contributed by atoms with E-state index in [9.17, 15) is 0 Å². The lowest BCUT2D eigenvalue weighted by Crippen LogP contribution is -2.38. The van der Waals surface area contributed by atoms with Crippen LogP contribution in [0, 0.1) is 5.92 Å². The van der Waals surface area contributed by atoms with Crippen LogP contribution in [0.3, 0.4) is 0 Å². The Kier molecular flexibility index (Phi) is 2.49. The zero-order chi connectivity index (χ0) is 9.10. The van der Waals surface area contributed by atoms with Gasteiger partial charge in [-0.25, -0.2) is 0 Å². The monoisotopic (exact) mass is 180 g/mol. The highest BCUT2D eigenvalue weighted by atomic mass is 15.3. The summed E-state index contributed by atoms with van der Waals surface area (Å²) in [5.41, 5.74) is 5.67. The fraction of sp³-hybridized carbons (Fsp3) is 0.667. The van der Waals surface area contributed by atoms with Crippen molar-refractivity contribution in [3.8, 4) is 0 Å². The lowest BCUT2D eigenvalue weighted by atomic mass is 9.98. The Hall–Kier alpha value is -1.03. The van der Waals surface area contributed by atoms with E-state index in [4.69, 9.17) is 5.73 Å². The number of nitrogens with two attached hydrogens (primary N) is 1. The van der Waals surface area contributed by atoms with Crippen LogP contribution in [-0.2, 0) is 0 Å². The SMILES string of the molecule is NCC1CCCN(c2ccn[nH]2)C1. The van der Waals surface area contributed by atoms with Gasteiger partial charge in [0.15, 0.2) is 0 Å². The lowest BCUT2D eigenvalue weighted by Gasteiger charge is -2.32. The number of rotatable bonds is 2. The standard InChI is InChI=1S/C9H16N4/c10-6-8-2-1-5-13(7-8)9-3-4-11-12-9/h3-4,8H,1-2,5-7,10H2,(H,11,12). The van der Waals surface area contributed by atoms with Gasteiger partial charge in [0.2, 0.25) is 0 Å². The Bertz CT molecular complexity index is 244. The summed E-state index contributed by atoms with van der Waals surface area (Å²) in [5.74, 6) is 1.77. The van der Waals surface area contributed by atoms with Crippen molar-refractivity contribution in [2.45, 2.75) is 12.8 Å². The topological polar surface area (TPSA) is 57.9 Å². The predicted octanol–water partition coefficient (Wildman–Crippen LogP) is 0.585. The Morgan fingerprint density at radius 3 is 3.31 bits per heavy atom. The minimum atomic E-state index is 0.650. The second kappa shape index (κ2) is 3.79. The fourth-order valence-corrected chi connectivity index (χ4v) is 1.90. The van der Waals surface area contributed by atoms with E-state index in [1.807, 2.05) is 6.07 Å². The minimum Gasteiger partial charge on any atom is -0.357 e. The summed E-state index contributed by atoms with van der Waals surface area (Å²) in [7, 11) is 0. The largest absolute Gasteiger partial charge is 0.357 e. The highest BCUT2D eigenvalue weighted by Gasteiger charge is 2.19. The van der Waals surface area contributed by atoms with Gasteiger partial charge in [0.1, 0.15) is 5.82 Å². The van der Waals surface area contributed by atoms with E-state index >= 15 is 0 Å². The predicted molar refractivity (Wildman–Crippen MR) is 52.6 cm³/mol. The smallest absolute Gasteiger partial charge is 0.123 e. The molecule has 3 N–H and O–H groups in total. The Balaban J connectivity index is 2.00. The van der Waals surface area contributed by atoms with Gasteiger partial charge in [-0.1, -0.05) is 0 Å². The maximum absolute atomic E-state index is 5.67. The number of aromatic nitrogens is 2. The highest BCUT2D eigenvalue weighted by Crippen LogP contribution is 2.19. The van der Waals surface area contributed by atoms with Crippen LogP contribution in [0.4, 0.5) is 5.82 Å². The molecule has 4 heteroatoms. The summed E-state index contributed by atoms with van der Waals surface area (Å²) in [5, 5.41) is 6.94. The van der Waals surface area contributed by atoms with Gasteiger partial charge >= 0.3 is 0 Å². The Morgan fingerprint density at radius 1 is 1.69 bits per heavy atom. The summed E-state index contributed by atoms with van der Waals surface area (Å²) in [6.07, 6.45) is 4.30. The zero-order valence-electron chi connectivity index (χ0n) is 7.74. The maximum Gasteiger partial charge on any atom is 0.123 e. The molecule has 1 atom stereocenters. The molecule has 1 aliphatic heterocycles. The summed E-state index contributed by atoms with van der Waals surface area (Å²) in [6, 6.07) is 2.01. The molecular weight excluding hydrogens is 164 g/mol. The van der Waals surface area contributed by atoms with Crippen molar-refractivity contribution in [1.29, 1.82) is 0 Å². The van der Waals surface area contributed by atoms with Gasteiger partial charge in [-0.15, -0.1) is 0 Å². The molecule has 0 amide bonds. The zero-order valence-corrected chi connectivity index (χ0v) is 7.74. The Labute approximate surface area is 78.1 Å². The minimum absolute atomic E-state index is 0.650. The molecule has 1 fully saturated rings. The molecule has 72 valence electrons. The maximum atomic E-state index is 5.67. The molecule has 13 heavy (non-hydrogen) atoms. The van der Waals surface area contributed by atoms with Crippen molar-refractivity contribution >= 4 is 5.82 Å². The quantitative estimate of drug-likeness (QED) is 0.700. The van der Waals surface area contributed by atoms with Crippen LogP contribution in [-0.4, -0.2) is 29.8 Å². The lowest BCUT2D eigenvalue weighted by molar-refractivity contribution is 0.421. The first kappa shape index (κ1) is 8.56. The number of nitrogens with zero attached hydrogens (tertiary/aromatic N) is 2. The molecule has 0 aliphatic carbocycles. The molecule has 1 saturated heterocycles. The molecule has 1 aromatic rings. The van der Waals surface area contributed by atoms with Crippen LogP contribution in [0.25, 0.3) is 0 Å². The molecule has 0 bridgehead atoms. The number of hydrogen-bond acceptors (Lipinski definition) is 3. The van der Waals surface area contributed by atoms with Crippen molar-refractivity contribution in [2.75, 3.05) is 24.5 Å². The molecule has 2 rings (SSSR count). The van der Waals surface area contributed by atoms with Gasteiger partial charge in [0.25, 0.3) is 0 Å². The number of anilines is 1. The third kappa shape index (κ3) is 1.83. The molecule has 0 saturated carbocycles. The van der Waals surface area contributed by atoms with Gasteiger partial charge in [-0.3, -0.25) is 5.10 Å². The Morgan fingerprint density at radius 2 is 2.62 bits per heavy atom. The van der Waals surface area contributed by atoms with Gasteiger partial charge in [-0.2, -0.15) is 5.10 Å². The highest BCUT2D eigenvalue weighted by molar-refractivity contribution is 5.36. The van der Waals surface area contributed by atoms with Gasteiger partial charge in [0.05, 0.1) is 6.20 Å². The summed E-state index contributed by atoms with van der Waals surface area (Å²) < 4.78 is 0. The first-order chi connectivity index (χ1) is 6.40. The fourth-order valence-electron chi connectivity index (χ4n) is 1.90. The molecular formula is C9H16N4. The summed E-state index contributed by atoms with van der Waals surface area (Å²) >= 11 is 0. The summed E-state index contributed by atoms with van der Waals surface area (Å²) in [6.45, 7) is 2.99. The number of piperidine rings is 1. The van der Waals surface area contributed by atoms with E-state index < -0.39 is 0 Å². The van der Waals surface area contributed by atoms with Crippen LogP contribution < -0.4 is 10.6 Å². The molecule has 0 spiro atoms. The average Bonchev–Trinajstić information content (AvgIpc) is 2.71. The molecule has 0 aromatic carbocycles. The van der Waals surface area contributed by atoms with Crippen molar-refractivity contribution in [3.63, 3.8) is 0 Å². The van der Waals surface area contributed by atoms with Crippen LogP contribution in [0.1, 0.15) is 12.8 Å². The van der Waals surface area contributed by atoms with Crippen LogP contribution in [0.2, 0.25) is 0 Å². The van der Waals surface area contributed by atoms with E-state index in [0.717, 1.165) is 25.5 Å². The van der Waals surface area contributed by atoms with E-state index in [-0.39, 0.29) is 0 Å². The van der Waals surface area contributed by atoms with Crippen molar-refractivity contribution in [1.82, 2.24) is 10.2 Å². The average molecular weight is 180 g/mol. The van der Waals surface area contributed by atoms with Crippen molar-refractivity contribution in [2.24, 2.45) is 11.7 Å². The molecule has 1 aromatic heterocycles. The van der Waals surface area contributed by atoms with Gasteiger partial charge < -0.3 is 10.6 Å². The molecule has 0 radical (unpaired) electrons. The molecule has 1 aliphatic rings. The van der Waals surface area contributed by atoms with Crippen LogP contribution in [0.15, 0.2) is 12.3 Å². The van der Waals surface area contributed by atoms with Crippen LogP contribution in [0.5, 0.6) is 0 Å². The van der Waals surface area contributed by atoms with Crippen molar-refractivity contribution < 1.29 is 0 Å². The number of aromatic amines is 1. The molecule has 2 heterocycles. The van der Waals surface area contributed by atoms with Crippen LogP contribution >= 0.6 is 0 Å². The van der Waals surface area contributed by atoms with E-state index in [0.29, 0.717) is 5.92 Å². The van der Waals surface area contributed by atoms with E-state index in [2.05, 4.69) is 15.1 Å². The number of nitrogens with one attached hydrogen (secondary N) is 1. The first-order valence-electron chi connectivity index (χ1n) is 4.84. The van der Waals surface area contributed by atoms with E-state index in [1.165, 1.54) is 12.8 Å². The third-order valence-electron chi connectivity index (χ3n) is 2.68. The van der Waals surface area contributed by atoms with Gasteiger partial charge in [0, 0.05) is 19.2 Å². The molecule has 4 nitrogen and oxygen atoms in total.